The maximum Gasteiger partial charge on any atom is 0.244 e. The largest absolute Gasteiger partial charge is 0.350 e. The van der Waals surface area contributed by atoms with Crippen molar-refractivity contribution in [3.05, 3.63) is 63.6 Å². The van der Waals surface area contributed by atoms with Crippen LogP contribution in [0.2, 0.25) is 10.0 Å². The Labute approximate surface area is 224 Å². The number of benzene rings is 2. The predicted molar refractivity (Wildman–Crippen MR) is 147 cm³/mol. The maximum atomic E-state index is 13.7. The molecule has 0 aliphatic heterocycles. The summed E-state index contributed by atoms with van der Waals surface area (Å²) in [5, 5.41) is 3.57. The molecule has 0 radical (unpaired) electrons. The van der Waals surface area contributed by atoms with Gasteiger partial charge in [0.15, 0.2) is 0 Å². The molecule has 0 spiro atoms. The van der Waals surface area contributed by atoms with Gasteiger partial charge in [-0.1, -0.05) is 61.3 Å². The number of amides is 2. The number of nitrogens with one attached hydrogen (secondary N) is 1. The molecule has 0 bridgehead atoms. The fourth-order valence-corrected chi connectivity index (χ4v) is 4.88. The molecule has 0 unspecified atom stereocenters. The minimum absolute atomic E-state index is 0.0318. The third-order valence-corrected chi connectivity index (χ3v) is 7.37. The van der Waals surface area contributed by atoms with E-state index in [9.17, 15) is 18.0 Å². The lowest BCUT2D eigenvalue weighted by atomic mass is 10.0. The van der Waals surface area contributed by atoms with E-state index in [0.29, 0.717) is 21.3 Å². The lowest BCUT2D eigenvalue weighted by molar-refractivity contribution is -0.140. The molecule has 0 aliphatic rings. The monoisotopic (exact) mass is 555 g/mol. The molecule has 0 fully saturated rings. The second-order valence-electron chi connectivity index (χ2n) is 10.2. The molecule has 0 aromatic heterocycles. The summed E-state index contributed by atoms with van der Waals surface area (Å²) in [6, 6.07) is 11.2. The van der Waals surface area contributed by atoms with Crippen LogP contribution in [0.3, 0.4) is 0 Å². The van der Waals surface area contributed by atoms with Crippen molar-refractivity contribution in [1.29, 1.82) is 0 Å². The highest BCUT2D eigenvalue weighted by Gasteiger charge is 2.32. The Morgan fingerprint density at radius 1 is 1.00 bits per heavy atom. The van der Waals surface area contributed by atoms with Gasteiger partial charge in [-0.3, -0.25) is 13.9 Å². The lowest BCUT2D eigenvalue weighted by Crippen LogP contribution is -2.54. The fourth-order valence-electron chi connectivity index (χ4n) is 3.69. The van der Waals surface area contributed by atoms with E-state index in [-0.39, 0.29) is 18.4 Å². The molecule has 2 aromatic carbocycles. The van der Waals surface area contributed by atoms with E-state index in [0.717, 1.165) is 16.1 Å². The molecule has 2 aromatic rings. The number of carbonyl (C=O) groups is 2. The molecule has 36 heavy (non-hydrogen) atoms. The number of nitrogens with zero attached hydrogens (tertiary/aromatic N) is 2. The molecule has 1 N–H and O–H groups in total. The molecule has 0 saturated carbocycles. The first-order valence-corrected chi connectivity index (χ1v) is 14.2. The Bertz CT molecular complexity index is 1210. The fraction of sp³-hybridized carbons (Fsp3) is 0.462. The van der Waals surface area contributed by atoms with Crippen LogP contribution in [0.1, 0.15) is 58.6 Å². The Morgan fingerprint density at radius 3 is 2.14 bits per heavy atom. The molecule has 198 valence electrons. The first-order chi connectivity index (χ1) is 16.5. The zero-order valence-corrected chi connectivity index (χ0v) is 24.1. The van der Waals surface area contributed by atoms with Crippen LogP contribution >= 0.6 is 23.2 Å². The van der Waals surface area contributed by atoms with Gasteiger partial charge < -0.3 is 10.2 Å². The van der Waals surface area contributed by atoms with Gasteiger partial charge >= 0.3 is 0 Å². The van der Waals surface area contributed by atoms with Gasteiger partial charge in [-0.05, 0) is 62.9 Å². The second-order valence-corrected chi connectivity index (χ2v) is 12.9. The van der Waals surface area contributed by atoms with Crippen LogP contribution in [0.4, 0.5) is 5.69 Å². The first-order valence-electron chi connectivity index (χ1n) is 11.6. The van der Waals surface area contributed by atoms with Crippen molar-refractivity contribution in [3.8, 4) is 0 Å². The van der Waals surface area contributed by atoms with Crippen LogP contribution in [0, 0.1) is 0 Å². The van der Waals surface area contributed by atoms with Crippen molar-refractivity contribution in [2.24, 2.45) is 0 Å². The van der Waals surface area contributed by atoms with Gasteiger partial charge in [0.2, 0.25) is 21.8 Å². The predicted octanol–water partition coefficient (Wildman–Crippen LogP) is 5.21. The van der Waals surface area contributed by atoms with Crippen molar-refractivity contribution < 1.29 is 18.0 Å². The molecule has 7 nitrogen and oxygen atoms in total. The average molecular weight is 557 g/mol. The number of carbonyl (C=O) groups excluding carboxylic acids is 2. The molecule has 0 aliphatic carbocycles. The second kappa shape index (κ2) is 11.8. The number of sulfonamides is 1. The number of anilines is 1. The van der Waals surface area contributed by atoms with Crippen LogP contribution in [0.15, 0.2) is 42.5 Å². The summed E-state index contributed by atoms with van der Waals surface area (Å²) < 4.78 is 26.8. The highest BCUT2D eigenvalue weighted by atomic mass is 35.5. The molecule has 2 amide bonds. The van der Waals surface area contributed by atoms with Gasteiger partial charge in [-0.2, -0.15) is 0 Å². The highest BCUT2D eigenvalue weighted by Crippen LogP contribution is 2.29. The minimum atomic E-state index is -3.82. The number of para-hydroxylation sites is 1. The van der Waals surface area contributed by atoms with Gasteiger partial charge in [-0.15, -0.1) is 0 Å². The van der Waals surface area contributed by atoms with Crippen molar-refractivity contribution in [2.75, 3.05) is 17.1 Å². The molecule has 0 heterocycles. The molecule has 0 saturated heterocycles. The van der Waals surface area contributed by atoms with Crippen molar-refractivity contribution in [2.45, 2.75) is 65.6 Å². The van der Waals surface area contributed by atoms with Crippen LogP contribution in [0.5, 0.6) is 0 Å². The zero-order valence-electron chi connectivity index (χ0n) is 21.8. The van der Waals surface area contributed by atoms with Crippen LogP contribution in [-0.4, -0.2) is 49.5 Å². The number of halogens is 2. The Morgan fingerprint density at radius 2 is 1.61 bits per heavy atom. The molecule has 10 heteroatoms. The smallest absolute Gasteiger partial charge is 0.244 e. The van der Waals surface area contributed by atoms with Gasteiger partial charge in [0.1, 0.15) is 12.6 Å². The quantitative estimate of drug-likeness (QED) is 0.459. The van der Waals surface area contributed by atoms with Gasteiger partial charge in [0.05, 0.1) is 22.0 Å². The Balaban J connectivity index is 2.49. The summed E-state index contributed by atoms with van der Waals surface area (Å²) >= 11 is 12.2. The molecular weight excluding hydrogens is 521 g/mol. The normalized spacial score (nSPS) is 12.8. The van der Waals surface area contributed by atoms with Gasteiger partial charge in [-0.25, -0.2) is 8.42 Å². The molecule has 1 atom stereocenters. The molecule has 2 rings (SSSR count). The number of hydrogen-bond acceptors (Lipinski definition) is 4. The summed E-state index contributed by atoms with van der Waals surface area (Å²) in [6.07, 6.45) is 1.07. The third kappa shape index (κ3) is 8.11. The van der Waals surface area contributed by atoms with E-state index >= 15 is 0 Å². The zero-order chi connectivity index (χ0) is 27.4. The van der Waals surface area contributed by atoms with E-state index in [1.807, 2.05) is 46.8 Å². The summed E-state index contributed by atoms with van der Waals surface area (Å²) in [5.74, 6) is -0.852. The molecular formula is C26H35Cl2N3O4S. The maximum absolute atomic E-state index is 13.7. The van der Waals surface area contributed by atoms with Crippen LogP contribution < -0.4 is 9.62 Å². The summed E-state index contributed by atoms with van der Waals surface area (Å²) in [7, 11) is -3.82. The van der Waals surface area contributed by atoms with E-state index in [4.69, 9.17) is 23.2 Å². The first kappa shape index (κ1) is 29.9. The van der Waals surface area contributed by atoms with E-state index in [2.05, 4.69) is 5.32 Å². The highest BCUT2D eigenvalue weighted by molar-refractivity contribution is 7.92. The van der Waals surface area contributed by atoms with Gasteiger partial charge in [0, 0.05) is 12.1 Å². The summed E-state index contributed by atoms with van der Waals surface area (Å²) in [5.41, 5.74) is 1.37. The van der Waals surface area contributed by atoms with E-state index in [1.54, 1.807) is 37.3 Å². The van der Waals surface area contributed by atoms with Crippen LogP contribution in [0.25, 0.3) is 0 Å². The summed E-state index contributed by atoms with van der Waals surface area (Å²) in [4.78, 5) is 28.1. The Hall–Kier alpha value is -2.29. The third-order valence-electron chi connectivity index (χ3n) is 5.51. The Kier molecular flexibility index (Phi) is 9.84. The number of rotatable bonds is 9. The lowest BCUT2D eigenvalue weighted by Gasteiger charge is -2.33. The minimum Gasteiger partial charge on any atom is -0.350 e. The van der Waals surface area contributed by atoms with Crippen LogP contribution in [-0.2, 0) is 26.2 Å². The standard InChI is InChI=1S/C26H35Cl2N3O4S/c1-17(2)20-10-8-9-11-23(20)31(36(7,34)35)16-24(32)30(18(3)25(33)29-26(4,5)6)15-19-12-13-21(27)22(28)14-19/h8-14,17-18H,15-16H2,1-7H3,(H,29,33)/t18-/m0/s1. The topological polar surface area (TPSA) is 86.8 Å². The van der Waals surface area contributed by atoms with Crippen molar-refractivity contribution >= 4 is 50.7 Å². The van der Waals surface area contributed by atoms with E-state index in [1.165, 1.54) is 4.90 Å². The van der Waals surface area contributed by atoms with Crippen molar-refractivity contribution in [3.63, 3.8) is 0 Å². The number of hydrogen-bond donors (Lipinski definition) is 1. The van der Waals surface area contributed by atoms with Crippen molar-refractivity contribution in [1.82, 2.24) is 10.2 Å². The van der Waals surface area contributed by atoms with E-state index < -0.39 is 34.1 Å². The average Bonchev–Trinajstić information content (AvgIpc) is 2.75. The van der Waals surface area contributed by atoms with Gasteiger partial charge in [0.25, 0.3) is 0 Å². The SMILES string of the molecule is CC(C)c1ccccc1N(CC(=O)N(Cc1ccc(Cl)c(Cl)c1)[C@@H](C)C(=O)NC(C)(C)C)S(C)(=O)=O. The summed E-state index contributed by atoms with van der Waals surface area (Å²) in [6.45, 7) is 10.6.